The molecule has 0 aliphatic heterocycles. The molecular formula is C23H27N3O5. The van der Waals surface area contributed by atoms with Crippen LogP contribution in [0.15, 0.2) is 47.0 Å². The number of aromatic nitrogens is 2. The van der Waals surface area contributed by atoms with Gasteiger partial charge < -0.3 is 19.2 Å². The number of hydrogen-bond acceptors (Lipinski definition) is 6. The number of aryl methyl sites for hydroxylation is 1. The van der Waals surface area contributed by atoms with Gasteiger partial charge in [-0.2, -0.15) is 5.10 Å². The van der Waals surface area contributed by atoms with Crippen molar-refractivity contribution in [2.45, 2.75) is 39.7 Å². The van der Waals surface area contributed by atoms with E-state index >= 15 is 0 Å². The highest BCUT2D eigenvalue weighted by Crippen LogP contribution is 2.25. The largest absolute Gasteiger partial charge is 0.486 e. The van der Waals surface area contributed by atoms with Crippen molar-refractivity contribution >= 4 is 17.7 Å². The maximum Gasteiger partial charge on any atom is 0.343 e. The van der Waals surface area contributed by atoms with Crippen LogP contribution in [0, 0.1) is 0 Å². The highest BCUT2D eigenvalue weighted by atomic mass is 16.5. The summed E-state index contributed by atoms with van der Waals surface area (Å²) in [5, 5.41) is 6.65. The van der Waals surface area contributed by atoms with Crippen LogP contribution in [-0.4, -0.2) is 28.3 Å². The molecule has 0 unspecified atom stereocenters. The van der Waals surface area contributed by atoms with Gasteiger partial charge >= 0.3 is 5.97 Å². The number of carbonyl (C=O) groups is 2. The summed E-state index contributed by atoms with van der Waals surface area (Å²) >= 11 is 0. The fourth-order valence-electron chi connectivity index (χ4n) is 2.90. The lowest BCUT2D eigenvalue weighted by molar-refractivity contribution is 0.0527. The van der Waals surface area contributed by atoms with Crippen LogP contribution in [0.5, 0.6) is 5.75 Å². The van der Waals surface area contributed by atoms with E-state index in [0.29, 0.717) is 11.5 Å². The molecule has 0 aliphatic carbocycles. The molecule has 0 fully saturated rings. The van der Waals surface area contributed by atoms with Crippen molar-refractivity contribution in [3.8, 4) is 5.75 Å². The molecular weight excluding hydrogens is 398 g/mol. The molecule has 3 rings (SSSR count). The Hall–Kier alpha value is -3.55. The number of furan rings is 1. The zero-order valence-corrected chi connectivity index (χ0v) is 18.4. The third-order valence-corrected chi connectivity index (χ3v) is 4.65. The van der Waals surface area contributed by atoms with Gasteiger partial charge in [-0.25, -0.2) is 4.79 Å². The Morgan fingerprint density at radius 3 is 2.48 bits per heavy atom. The SMILES string of the molecule is CCOC(=O)c1cnn(C)c1NC(=O)c1ccc(COc2ccc(C(C)(C)C)cc2)o1. The van der Waals surface area contributed by atoms with E-state index in [-0.39, 0.29) is 35.8 Å². The molecule has 1 aromatic carbocycles. The molecule has 0 spiro atoms. The van der Waals surface area contributed by atoms with Crippen molar-refractivity contribution < 1.29 is 23.5 Å². The van der Waals surface area contributed by atoms with E-state index in [1.54, 1.807) is 26.1 Å². The van der Waals surface area contributed by atoms with E-state index in [1.807, 2.05) is 24.3 Å². The zero-order chi connectivity index (χ0) is 22.6. The fourth-order valence-corrected chi connectivity index (χ4v) is 2.90. The highest BCUT2D eigenvalue weighted by molar-refractivity contribution is 6.05. The first kappa shape index (κ1) is 22.1. The van der Waals surface area contributed by atoms with E-state index in [9.17, 15) is 9.59 Å². The quantitative estimate of drug-likeness (QED) is 0.567. The molecule has 2 aromatic heterocycles. The smallest absolute Gasteiger partial charge is 0.343 e. The van der Waals surface area contributed by atoms with E-state index in [2.05, 4.69) is 31.2 Å². The molecule has 0 atom stereocenters. The molecule has 2 heterocycles. The predicted octanol–water partition coefficient (Wildman–Crippen LogP) is 4.32. The van der Waals surface area contributed by atoms with Gasteiger partial charge in [0.2, 0.25) is 0 Å². The summed E-state index contributed by atoms with van der Waals surface area (Å²) in [6, 6.07) is 11.1. The summed E-state index contributed by atoms with van der Waals surface area (Å²) in [6.07, 6.45) is 1.35. The van der Waals surface area contributed by atoms with Crippen LogP contribution in [-0.2, 0) is 23.8 Å². The van der Waals surface area contributed by atoms with Crippen LogP contribution in [0.25, 0.3) is 0 Å². The van der Waals surface area contributed by atoms with Crippen LogP contribution in [0.3, 0.4) is 0 Å². The lowest BCUT2D eigenvalue weighted by atomic mass is 9.87. The van der Waals surface area contributed by atoms with Crippen molar-refractivity contribution in [3.05, 3.63) is 65.2 Å². The Labute approximate surface area is 181 Å². The number of amides is 1. The zero-order valence-electron chi connectivity index (χ0n) is 18.4. The van der Waals surface area contributed by atoms with Crippen molar-refractivity contribution in [1.29, 1.82) is 0 Å². The Balaban J connectivity index is 1.63. The molecule has 8 heteroatoms. The molecule has 0 bridgehead atoms. The van der Waals surface area contributed by atoms with Crippen LogP contribution < -0.4 is 10.1 Å². The number of ether oxygens (including phenoxy) is 2. The average molecular weight is 425 g/mol. The Morgan fingerprint density at radius 1 is 1.13 bits per heavy atom. The summed E-state index contributed by atoms with van der Waals surface area (Å²) in [5.74, 6) is 0.478. The molecule has 3 aromatic rings. The first-order valence-corrected chi connectivity index (χ1v) is 10.0. The van der Waals surface area contributed by atoms with Crippen LogP contribution in [0.1, 0.15) is 59.9 Å². The van der Waals surface area contributed by atoms with Crippen molar-refractivity contribution in [1.82, 2.24) is 9.78 Å². The number of anilines is 1. The third-order valence-electron chi connectivity index (χ3n) is 4.65. The molecule has 0 saturated heterocycles. The minimum atomic E-state index is -0.558. The standard InChI is InChI=1S/C23H27N3O5/c1-6-29-22(28)18-13-24-26(5)20(18)25-21(27)19-12-11-17(31-19)14-30-16-9-7-15(8-10-16)23(2,3)4/h7-13H,6,14H2,1-5H3,(H,25,27). The van der Waals surface area contributed by atoms with E-state index in [0.717, 1.165) is 0 Å². The molecule has 1 N–H and O–H groups in total. The van der Waals surface area contributed by atoms with Gasteiger partial charge in [0.25, 0.3) is 5.91 Å². The Morgan fingerprint density at radius 2 is 1.84 bits per heavy atom. The minimum absolute atomic E-state index is 0.0722. The molecule has 1 amide bonds. The second-order valence-electron chi connectivity index (χ2n) is 8.03. The van der Waals surface area contributed by atoms with Crippen LogP contribution in [0.2, 0.25) is 0 Å². The number of rotatable bonds is 7. The first-order valence-electron chi connectivity index (χ1n) is 10.0. The lowest BCUT2D eigenvalue weighted by Crippen LogP contribution is -2.17. The molecule has 8 nitrogen and oxygen atoms in total. The summed E-state index contributed by atoms with van der Waals surface area (Å²) in [6.45, 7) is 8.57. The van der Waals surface area contributed by atoms with Gasteiger partial charge in [0.05, 0.1) is 12.8 Å². The fraction of sp³-hybridized carbons (Fsp3) is 0.348. The number of esters is 1. The van der Waals surface area contributed by atoms with Gasteiger partial charge in [0.1, 0.15) is 29.5 Å². The number of hydrogen-bond donors (Lipinski definition) is 1. The van der Waals surface area contributed by atoms with E-state index < -0.39 is 11.9 Å². The lowest BCUT2D eigenvalue weighted by Gasteiger charge is -2.19. The van der Waals surface area contributed by atoms with Crippen LogP contribution >= 0.6 is 0 Å². The number of carbonyl (C=O) groups excluding carboxylic acids is 2. The number of benzene rings is 1. The maximum absolute atomic E-state index is 12.6. The topological polar surface area (TPSA) is 95.6 Å². The number of nitrogens with zero attached hydrogens (tertiary/aromatic N) is 2. The van der Waals surface area contributed by atoms with E-state index in [1.165, 1.54) is 16.4 Å². The number of nitrogens with one attached hydrogen (secondary N) is 1. The van der Waals surface area contributed by atoms with Crippen LogP contribution in [0.4, 0.5) is 5.82 Å². The Bertz CT molecular complexity index is 1060. The summed E-state index contributed by atoms with van der Waals surface area (Å²) < 4.78 is 17.7. The van der Waals surface area contributed by atoms with Crippen molar-refractivity contribution in [2.24, 2.45) is 7.05 Å². The molecule has 31 heavy (non-hydrogen) atoms. The molecule has 164 valence electrons. The van der Waals surface area contributed by atoms with Gasteiger partial charge in [-0.15, -0.1) is 0 Å². The van der Waals surface area contributed by atoms with Crippen molar-refractivity contribution in [2.75, 3.05) is 11.9 Å². The third kappa shape index (κ3) is 5.33. The van der Waals surface area contributed by atoms with Gasteiger partial charge in [0.15, 0.2) is 5.76 Å². The van der Waals surface area contributed by atoms with Gasteiger partial charge in [-0.1, -0.05) is 32.9 Å². The molecule has 0 aliphatic rings. The molecule has 0 saturated carbocycles. The summed E-state index contributed by atoms with van der Waals surface area (Å²) in [4.78, 5) is 24.6. The predicted molar refractivity (Wildman–Crippen MR) is 115 cm³/mol. The Kier molecular flexibility index (Phi) is 6.48. The average Bonchev–Trinajstić information content (AvgIpc) is 3.34. The monoisotopic (exact) mass is 425 g/mol. The second-order valence-corrected chi connectivity index (χ2v) is 8.03. The van der Waals surface area contributed by atoms with Crippen molar-refractivity contribution in [3.63, 3.8) is 0 Å². The minimum Gasteiger partial charge on any atom is -0.486 e. The highest BCUT2D eigenvalue weighted by Gasteiger charge is 2.21. The van der Waals surface area contributed by atoms with Gasteiger partial charge in [-0.05, 0) is 42.2 Å². The van der Waals surface area contributed by atoms with Gasteiger partial charge in [0, 0.05) is 7.05 Å². The van der Waals surface area contributed by atoms with E-state index in [4.69, 9.17) is 13.9 Å². The summed E-state index contributed by atoms with van der Waals surface area (Å²) in [5.41, 5.74) is 1.46. The first-order chi connectivity index (χ1) is 14.7. The summed E-state index contributed by atoms with van der Waals surface area (Å²) in [7, 11) is 1.62. The second kappa shape index (κ2) is 9.07. The maximum atomic E-state index is 12.6. The van der Waals surface area contributed by atoms with Gasteiger partial charge in [-0.3, -0.25) is 9.48 Å². The molecule has 0 radical (unpaired) electrons. The normalized spacial score (nSPS) is 11.3.